The van der Waals surface area contributed by atoms with Crippen molar-refractivity contribution in [3.05, 3.63) is 59.9 Å². The van der Waals surface area contributed by atoms with Crippen molar-refractivity contribution in [1.82, 2.24) is 14.6 Å². The SMILES string of the molecule is CCCNS(=O)(=O)c1cccc(C(=O)N(C)CCc2ccncc2)c1. The van der Waals surface area contributed by atoms with E-state index in [2.05, 4.69) is 9.71 Å². The molecule has 0 radical (unpaired) electrons. The molecule has 1 heterocycles. The zero-order valence-electron chi connectivity index (χ0n) is 14.5. The van der Waals surface area contributed by atoms with Crippen molar-refractivity contribution in [3.8, 4) is 0 Å². The Balaban J connectivity index is 2.07. The molecular weight excluding hydrogens is 338 g/mol. The predicted octanol–water partition coefficient (Wildman–Crippen LogP) is 2.08. The minimum absolute atomic E-state index is 0.106. The molecule has 1 aromatic carbocycles. The largest absolute Gasteiger partial charge is 0.341 e. The minimum Gasteiger partial charge on any atom is -0.341 e. The zero-order valence-corrected chi connectivity index (χ0v) is 15.3. The van der Waals surface area contributed by atoms with Gasteiger partial charge in [0.25, 0.3) is 5.91 Å². The number of amides is 1. The summed E-state index contributed by atoms with van der Waals surface area (Å²) in [5.74, 6) is -0.207. The van der Waals surface area contributed by atoms with E-state index >= 15 is 0 Å². The number of rotatable bonds is 8. The standard InChI is InChI=1S/C18H23N3O3S/c1-3-10-20-25(23,24)17-6-4-5-16(14-17)18(22)21(2)13-9-15-7-11-19-12-8-15/h4-8,11-12,14,20H,3,9-10,13H2,1-2H3. The first-order chi connectivity index (χ1) is 11.9. The monoisotopic (exact) mass is 361 g/mol. The van der Waals surface area contributed by atoms with Crippen LogP contribution in [-0.4, -0.2) is 44.3 Å². The van der Waals surface area contributed by atoms with Crippen LogP contribution in [0.2, 0.25) is 0 Å². The molecule has 0 atom stereocenters. The van der Waals surface area contributed by atoms with Gasteiger partial charge in [-0.25, -0.2) is 13.1 Å². The van der Waals surface area contributed by atoms with Crippen molar-refractivity contribution in [2.24, 2.45) is 0 Å². The molecule has 0 unspecified atom stereocenters. The lowest BCUT2D eigenvalue weighted by molar-refractivity contribution is 0.0796. The number of nitrogens with one attached hydrogen (secondary N) is 1. The van der Waals surface area contributed by atoms with Crippen molar-refractivity contribution in [2.75, 3.05) is 20.1 Å². The molecule has 6 nitrogen and oxygen atoms in total. The van der Waals surface area contributed by atoms with Crippen LogP contribution in [0, 0.1) is 0 Å². The Morgan fingerprint density at radius 2 is 1.92 bits per heavy atom. The molecule has 0 saturated carbocycles. The van der Waals surface area contributed by atoms with Crippen molar-refractivity contribution in [1.29, 1.82) is 0 Å². The Morgan fingerprint density at radius 1 is 1.20 bits per heavy atom. The molecule has 134 valence electrons. The summed E-state index contributed by atoms with van der Waals surface area (Å²) in [7, 11) is -1.88. The van der Waals surface area contributed by atoms with Crippen LogP contribution in [-0.2, 0) is 16.4 Å². The summed E-state index contributed by atoms with van der Waals surface area (Å²) in [6, 6.07) is 9.94. The molecule has 0 bridgehead atoms. The number of carbonyl (C=O) groups excluding carboxylic acids is 1. The van der Waals surface area contributed by atoms with Gasteiger partial charge in [-0.1, -0.05) is 13.0 Å². The van der Waals surface area contributed by atoms with E-state index in [1.165, 1.54) is 12.1 Å². The summed E-state index contributed by atoms with van der Waals surface area (Å²) in [5, 5.41) is 0. The van der Waals surface area contributed by atoms with Gasteiger partial charge in [0.05, 0.1) is 4.90 Å². The molecule has 1 aromatic heterocycles. The van der Waals surface area contributed by atoms with E-state index in [4.69, 9.17) is 0 Å². The van der Waals surface area contributed by atoms with Crippen LogP contribution in [0.3, 0.4) is 0 Å². The zero-order chi connectivity index (χ0) is 18.3. The lowest BCUT2D eigenvalue weighted by Gasteiger charge is -2.17. The number of hydrogen-bond acceptors (Lipinski definition) is 4. The van der Waals surface area contributed by atoms with Crippen molar-refractivity contribution < 1.29 is 13.2 Å². The van der Waals surface area contributed by atoms with Crippen LogP contribution >= 0.6 is 0 Å². The molecule has 2 rings (SSSR count). The summed E-state index contributed by atoms with van der Waals surface area (Å²) >= 11 is 0. The molecule has 25 heavy (non-hydrogen) atoms. The number of likely N-dealkylation sites (N-methyl/N-ethyl adjacent to an activating group) is 1. The summed E-state index contributed by atoms with van der Waals surface area (Å²) in [5.41, 5.74) is 1.45. The van der Waals surface area contributed by atoms with Crippen molar-refractivity contribution in [3.63, 3.8) is 0 Å². The molecule has 0 aliphatic carbocycles. The summed E-state index contributed by atoms with van der Waals surface area (Å²) in [4.78, 5) is 18.2. The topological polar surface area (TPSA) is 79.4 Å². The van der Waals surface area contributed by atoms with Crippen LogP contribution in [0.4, 0.5) is 0 Å². The molecule has 1 amide bonds. The fourth-order valence-corrected chi connectivity index (χ4v) is 3.46. The first-order valence-electron chi connectivity index (χ1n) is 8.18. The minimum atomic E-state index is -3.59. The maximum Gasteiger partial charge on any atom is 0.253 e. The molecule has 7 heteroatoms. The van der Waals surface area contributed by atoms with E-state index < -0.39 is 10.0 Å². The van der Waals surface area contributed by atoms with Gasteiger partial charge in [0.15, 0.2) is 0 Å². The van der Waals surface area contributed by atoms with E-state index in [9.17, 15) is 13.2 Å². The average molecular weight is 361 g/mol. The highest BCUT2D eigenvalue weighted by atomic mass is 32.2. The third kappa shape index (κ3) is 5.37. The van der Waals surface area contributed by atoms with E-state index in [0.29, 0.717) is 31.5 Å². The highest BCUT2D eigenvalue weighted by Crippen LogP contribution is 2.13. The second kappa shape index (κ2) is 8.73. The number of carbonyl (C=O) groups is 1. The predicted molar refractivity (Wildman–Crippen MR) is 96.8 cm³/mol. The number of nitrogens with zero attached hydrogens (tertiary/aromatic N) is 2. The van der Waals surface area contributed by atoms with Crippen LogP contribution in [0.25, 0.3) is 0 Å². The Labute approximate surface area is 148 Å². The van der Waals surface area contributed by atoms with E-state index in [1.54, 1.807) is 36.5 Å². The Bertz CT molecular complexity index is 807. The third-order valence-electron chi connectivity index (χ3n) is 3.77. The molecule has 1 N–H and O–H groups in total. The summed E-state index contributed by atoms with van der Waals surface area (Å²) < 4.78 is 26.9. The highest BCUT2D eigenvalue weighted by Gasteiger charge is 2.17. The quantitative estimate of drug-likeness (QED) is 0.781. The fourth-order valence-electron chi connectivity index (χ4n) is 2.28. The smallest absolute Gasteiger partial charge is 0.253 e. The Kier molecular flexibility index (Phi) is 6.66. The highest BCUT2D eigenvalue weighted by molar-refractivity contribution is 7.89. The normalized spacial score (nSPS) is 11.3. The maximum atomic E-state index is 12.6. The third-order valence-corrected chi connectivity index (χ3v) is 5.22. The summed E-state index contributed by atoms with van der Waals surface area (Å²) in [6.07, 6.45) is 4.85. The van der Waals surface area contributed by atoms with Crippen LogP contribution in [0.5, 0.6) is 0 Å². The average Bonchev–Trinajstić information content (AvgIpc) is 2.65. The second-order valence-electron chi connectivity index (χ2n) is 5.76. The number of pyridine rings is 1. The van der Waals surface area contributed by atoms with Gasteiger partial charge in [0.1, 0.15) is 0 Å². The molecule has 0 aliphatic rings. The molecule has 2 aromatic rings. The lowest BCUT2D eigenvalue weighted by Crippen LogP contribution is -2.29. The van der Waals surface area contributed by atoms with Gasteiger partial charge in [0.2, 0.25) is 10.0 Å². The fraction of sp³-hybridized carbons (Fsp3) is 0.333. The lowest BCUT2D eigenvalue weighted by atomic mass is 10.1. The number of benzene rings is 1. The van der Waals surface area contributed by atoms with E-state index in [1.807, 2.05) is 19.1 Å². The van der Waals surface area contributed by atoms with Crippen LogP contribution < -0.4 is 4.72 Å². The molecular formula is C18H23N3O3S. The second-order valence-corrected chi connectivity index (χ2v) is 7.52. The van der Waals surface area contributed by atoms with Crippen LogP contribution in [0.1, 0.15) is 29.3 Å². The first-order valence-corrected chi connectivity index (χ1v) is 9.66. The van der Waals surface area contributed by atoms with Crippen molar-refractivity contribution in [2.45, 2.75) is 24.7 Å². The number of hydrogen-bond donors (Lipinski definition) is 1. The van der Waals surface area contributed by atoms with Gasteiger partial charge in [-0.05, 0) is 48.7 Å². The summed E-state index contributed by atoms with van der Waals surface area (Å²) in [6.45, 7) is 2.79. The molecule has 0 saturated heterocycles. The van der Waals surface area contributed by atoms with Gasteiger partial charge < -0.3 is 4.90 Å². The van der Waals surface area contributed by atoms with E-state index in [0.717, 1.165) is 5.56 Å². The van der Waals surface area contributed by atoms with Crippen molar-refractivity contribution >= 4 is 15.9 Å². The van der Waals surface area contributed by atoms with Crippen LogP contribution in [0.15, 0.2) is 53.7 Å². The molecule has 0 fully saturated rings. The van der Waals surface area contributed by atoms with Gasteiger partial charge >= 0.3 is 0 Å². The van der Waals surface area contributed by atoms with Gasteiger partial charge in [0, 0.05) is 38.1 Å². The first kappa shape index (κ1) is 19.1. The maximum absolute atomic E-state index is 12.6. The Hall–Kier alpha value is -2.25. The number of sulfonamides is 1. The Morgan fingerprint density at radius 3 is 2.60 bits per heavy atom. The van der Waals surface area contributed by atoms with Gasteiger partial charge in [-0.3, -0.25) is 9.78 Å². The van der Waals surface area contributed by atoms with Gasteiger partial charge in [-0.2, -0.15) is 0 Å². The van der Waals surface area contributed by atoms with Gasteiger partial charge in [-0.15, -0.1) is 0 Å². The molecule has 0 spiro atoms. The molecule has 0 aliphatic heterocycles. The van der Waals surface area contributed by atoms with E-state index in [-0.39, 0.29) is 10.8 Å². The number of aromatic nitrogens is 1.